The van der Waals surface area contributed by atoms with Gasteiger partial charge in [-0.2, -0.15) is 0 Å². The minimum Gasteiger partial charge on any atom is -0.381 e. The number of anilines is 1. The number of fused-ring (bicyclic) bond motifs is 1. The normalized spacial score (nSPS) is 10.9. The van der Waals surface area contributed by atoms with Crippen molar-refractivity contribution in [2.75, 3.05) is 5.32 Å². The maximum absolute atomic E-state index is 4.47. The largest absolute Gasteiger partial charge is 0.381 e. The summed E-state index contributed by atoms with van der Waals surface area (Å²) in [7, 11) is 0. The summed E-state index contributed by atoms with van der Waals surface area (Å²) in [5.41, 5.74) is 3.44. The van der Waals surface area contributed by atoms with E-state index in [9.17, 15) is 0 Å². The number of halogens is 2. The quantitative estimate of drug-likeness (QED) is 0.594. The fraction of sp³-hybridized carbons (Fsp3) is 0.133. The van der Waals surface area contributed by atoms with Crippen LogP contribution in [0.3, 0.4) is 0 Å². The second-order valence-electron chi connectivity index (χ2n) is 4.52. The molecule has 2 aromatic carbocycles. The molecule has 20 heavy (non-hydrogen) atoms. The standard InChI is InChI=1S/C15H12Br2N2S/c1-9-19-14-5-3-11(7-15(14)20-9)18-8-10-2-4-12(16)13(17)6-10/h2-7,18H,8H2,1H3. The minimum atomic E-state index is 0.801. The van der Waals surface area contributed by atoms with Gasteiger partial charge in [-0.25, -0.2) is 4.98 Å². The van der Waals surface area contributed by atoms with E-state index in [1.807, 2.05) is 6.92 Å². The molecule has 0 amide bonds. The van der Waals surface area contributed by atoms with Gasteiger partial charge in [-0.15, -0.1) is 11.3 Å². The molecule has 0 aliphatic rings. The van der Waals surface area contributed by atoms with Crippen molar-refractivity contribution in [1.29, 1.82) is 0 Å². The predicted molar refractivity (Wildman–Crippen MR) is 93.5 cm³/mol. The highest BCUT2D eigenvalue weighted by atomic mass is 79.9. The van der Waals surface area contributed by atoms with Gasteiger partial charge in [-0.3, -0.25) is 0 Å². The van der Waals surface area contributed by atoms with Crippen LogP contribution in [-0.4, -0.2) is 4.98 Å². The Labute approximate surface area is 138 Å². The number of nitrogens with one attached hydrogen (secondary N) is 1. The predicted octanol–water partition coefficient (Wildman–Crippen LogP) is 5.74. The lowest BCUT2D eigenvalue weighted by Gasteiger charge is -2.07. The highest BCUT2D eigenvalue weighted by molar-refractivity contribution is 9.13. The maximum atomic E-state index is 4.47. The first kappa shape index (κ1) is 14.0. The van der Waals surface area contributed by atoms with E-state index >= 15 is 0 Å². The third-order valence-corrected chi connectivity index (χ3v) is 5.79. The summed E-state index contributed by atoms with van der Waals surface area (Å²) in [5.74, 6) is 0. The van der Waals surface area contributed by atoms with Crippen LogP contribution in [0.5, 0.6) is 0 Å². The second kappa shape index (κ2) is 5.84. The third-order valence-electron chi connectivity index (χ3n) is 2.98. The van der Waals surface area contributed by atoms with Crippen molar-refractivity contribution in [2.45, 2.75) is 13.5 Å². The zero-order valence-electron chi connectivity index (χ0n) is 10.8. The molecule has 3 aromatic rings. The maximum Gasteiger partial charge on any atom is 0.0907 e. The molecule has 3 rings (SSSR count). The molecule has 102 valence electrons. The summed E-state index contributed by atoms with van der Waals surface area (Å²) in [5, 5.41) is 4.56. The molecule has 0 radical (unpaired) electrons. The number of aromatic nitrogens is 1. The number of hydrogen-bond donors (Lipinski definition) is 1. The minimum absolute atomic E-state index is 0.801. The molecule has 0 aliphatic heterocycles. The Kier molecular flexibility index (Phi) is 4.10. The van der Waals surface area contributed by atoms with E-state index < -0.39 is 0 Å². The molecule has 1 aromatic heterocycles. The van der Waals surface area contributed by atoms with Gasteiger partial charge in [0.1, 0.15) is 0 Å². The second-order valence-corrected chi connectivity index (χ2v) is 7.46. The molecule has 0 atom stereocenters. The molecule has 2 nitrogen and oxygen atoms in total. The molecule has 0 spiro atoms. The van der Waals surface area contributed by atoms with Crippen LogP contribution in [0.4, 0.5) is 5.69 Å². The number of hydrogen-bond acceptors (Lipinski definition) is 3. The summed E-state index contributed by atoms with van der Waals surface area (Å²) >= 11 is 8.74. The van der Waals surface area contributed by atoms with Crippen molar-refractivity contribution in [1.82, 2.24) is 4.98 Å². The van der Waals surface area contributed by atoms with E-state index in [1.54, 1.807) is 11.3 Å². The van der Waals surface area contributed by atoms with Gasteiger partial charge in [0, 0.05) is 21.2 Å². The van der Waals surface area contributed by atoms with Gasteiger partial charge in [-0.05, 0) is 74.7 Å². The Balaban J connectivity index is 1.77. The number of thiazole rings is 1. The smallest absolute Gasteiger partial charge is 0.0907 e. The van der Waals surface area contributed by atoms with Crippen LogP contribution in [0, 0.1) is 6.92 Å². The Morgan fingerprint density at radius 1 is 1.10 bits per heavy atom. The van der Waals surface area contributed by atoms with Gasteiger partial charge in [0.2, 0.25) is 0 Å². The van der Waals surface area contributed by atoms with Crippen LogP contribution in [0.1, 0.15) is 10.6 Å². The van der Waals surface area contributed by atoms with Crippen LogP contribution in [0.2, 0.25) is 0 Å². The lowest BCUT2D eigenvalue weighted by Crippen LogP contribution is -1.99. The van der Waals surface area contributed by atoms with Crippen molar-refractivity contribution in [2.24, 2.45) is 0 Å². The van der Waals surface area contributed by atoms with E-state index in [0.717, 1.165) is 31.7 Å². The Morgan fingerprint density at radius 2 is 1.95 bits per heavy atom. The number of benzene rings is 2. The van der Waals surface area contributed by atoms with E-state index in [0.29, 0.717) is 0 Å². The Morgan fingerprint density at radius 3 is 2.75 bits per heavy atom. The highest BCUT2D eigenvalue weighted by Gasteiger charge is 2.02. The van der Waals surface area contributed by atoms with Crippen LogP contribution < -0.4 is 5.32 Å². The van der Waals surface area contributed by atoms with Gasteiger partial charge in [0.25, 0.3) is 0 Å². The van der Waals surface area contributed by atoms with Crippen molar-refractivity contribution in [3.8, 4) is 0 Å². The third kappa shape index (κ3) is 3.05. The van der Waals surface area contributed by atoms with Crippen molar-refractivity contribution in [3.63, 3.8) is 0 Å². The van der Waals surface area contributed by atoms with E-state index in [4.69, 9.17) is 0 Å². The fourth-order valence-electron chi connectivity index (χ4n) is 2.00. The fourth-order valence-corrected chi connectivity index (χ4v) is 3.54. The first-order chi connectivity index (χ1) is 9.61. The average Bonchev–Trinajstić information content (AvgIpc) is 2.79. The molecule has 0 saturated carbocycles. The zero-order valence-corrected chi connectivity index (χ0v) is 14.8. The monoisotopic (exact) mass is 410 g/mol. The lowest BCUT2D eigenvalue weighted by molar-refractivity contribution is 1.15. The summed E-state index contributed by atoms with van der Waals surface area (Å²) < 4.78 is 3.37. The topological polar surface area (TPSA) is 24.9 Å². The van der Waals surface area contributed by atoms with Crippen molar-refractivity contribution in [3.05, 3.63) is 55.9 Å². The molecule has 0 aliphatic carbocycles. The van der Waals surface area contributed by atoms with Gasteiger partial charge in [0.05, 0.1) is 15.2 Å². The number of nitrogens with zero attached hydrogens (tertiary/aromatic N) is 1. The van der Waals surface area contributed by atoms with Gasteiger partial charge < -0.3 is 5.32 Å². The summed E-state index contributed by atoms with van der Waals surface area (Å²) in [6.45, 7) is 2.84. The molecular weight excluding hydrogens is 400 g/mol. The molecule has 1 heterocycles. The van der Waals surface area contributed by atoms with Gasteiger partial charge in [-0.1, -0.05) is 6.07 Å². The SMILES string of the molecule is Cc1nc2ccc(NCc3ccc(Br)c(Br)c3)cc2s1. The number of rotatable bonds is 3. The van der Waals surface area contributed by atoms with E-state index in [-0.39, 0.29) is 0 Å². The molecular formula is C15H12Br2N2S. The molecule has 1 N–H and O–H groups in total. The lowest BCUT2D eigenvalue weighted by atomic mass is 10.2. The van der Waals surface area contributed by atoms with E-state index in [1.165, 1.54) is 10.3 Å². The average molecular weight is 412 g/mol. The first-order valence-electron chi connectivity index (χ1n) is 6.17. The van der Waals surface area contributed by atoms with E-state index in [2.05, 4.69) is 78.6 Å². The Hall–Kier alpha value is -0.910. The highest BCUT2D eigenvalue weighted by Crippen LogP contribution is 2.26. The van der Waals surface area contributed by atoms with Crippen LogP contribution in [0.25, 0.3) is 10.2 Å². The van der Waals surface area contributed by atoms with Crippen molar-refractivity contribution >= 4 is 59.1 Å². The summed E-state index contributed by atoms with van der Waals surface area (Å²) in [6, 6.07) is 12.6. The van der Waals surface area contributed by atoms with Crippen LogP contribution in [-0.2, 0) is 6.54 Å². The molecule has 5 heteroatoms. The molecule has 0 fully saturated rings. The number of aryl methyl sites for hydroxylation is 1. The summed E-state index contributed by atoms with van der Waals surface area (Å²) in [4.78, 5) is 4.47. The first-order valence-corrected chi connectivity index (χ1v) is 8.57. The summed E-state index contributed by atoms with van der Waals surface area (Å²) in [6.07, 6.45) is 0. The molecule has 0 bridgehead atoms. The van der Waals surface area contributed by atoms with Crippen molar-refractivity contribution < 1.29 is 0 Å². The Bertz CT molecular complexity index is 768. The zero-order chi connectivity index (χ0) is 14.1. The van der Waals surface area contributed by atoms with Gasteiger partial charge in [0.15, 0.2) is 0 Å². The molecule has 0 unspecified atom stereocenters. The molecule has 0 saturated heterocycles. The van der Waals surface area contributed by atoms with Crippen LogP contribution >= 0.6 is 43.2 Å². The van der Waals surface area contributed by atoms with Crippen LogP contribution in [0.15, 0.2) is 45.3 Å². The van der Waals surface area contributed by atoms with Gasteiger partial charge >= 0.3 is 0 Å².